The van der Waals surface area contributed by atoms with Crippen molar-refractivity contribution in [3.8, 4) is 0 Å². The van der Waals surface area contributed by atoms with E-state index in [-0.39, 0.29) is 6.61 Å². The van der Waals surface area contributed by atoms with Gasteiger partial charge in [0.15, 0.2) is 0 Å². The molecule has 2 atom stereocenters. The number of hydrogen-bond donors (Lipinski definition) is 2. The van der Waals surface area contributed by atoms with Gasteiger partial charge in [0.1, 0.15) is 6.29 Å². The first kappa shape index (κ1) is 7.02. The molecule has 0 radical (unpaired) electrons. The van der Waals surface area contributed by atoms with Crippen molar-refractivity contribution in [2.24, 2.45) is 0 Å². The Bertz CT molecular complexity index is 54.9. The van der Waals surface area contributed by atoms with Crippen LogP contribution in [-0.2, 0) is 4.79 Å². The number of aliphatic hydroxyl groups is 1. The molecule has 0 aromatic heterocycles. The van der Waals surface area contributed by atoms with Gasteiger partial charge in [-0.3, -0.25) is 5.09 Å². The van der Waals surface area contributed by atoms with Crippen LogP contribution in [0.2, 0.25) is 0 Å². The first-order valence-electron chi connectivity index (χ1n) is 1.87. The lowest BCUT2D eigenvalue weighted by Crippen LogP contribution is -2.25. The summed E-state index contributed by atoms with van der Waals surface area (Å²) in [5.41, 5.74) is 0. The van der Waals surface area contributed by atoms with Gasteiger partial charge >= 0.3 is 0 Å². The maximum absolute atomic E-state index is 9.73. The molecule has 0 saturated carbocycles. The number of carbonyl (C=O) groups is 1. The molecule has 0 fully saturated rings. The van der Waals surface area contributed by atoms with Crippen LogP contribution in [-0.4, -0.2) is 24.0 Å². The van der Waals surface area contributed by atoms with Gasteiger partial charge in [-0.25, -0.2) is 0 Å². The quantitative estimate of drug-likeness (QED) is 0.369. The monoisotopic (exact) mass is 121 g/mol. The number of aliphatic hydroxyl groups excluding tert-OH is 1. The predicted octanol–water partition coefficient (Wildman–Crippen LogP) is -1.07. The maximum atomic E-state index is 9.73. The minimum atomic E-state index is -0.426. The molecule has 0 aliphatic rings. The standard InChI is InChI=1S/C3H8NO2P/c5-1-3(2-6)4-7/h1,3-4,6H,2,7H2/t3-/m1/s1. The Morgan fingerprint density at radius 1 is 2.00 bits per heavy atom. The zero-order chi connectivity index (χ0) is 5.70. The van der Waals surface area contributed by atoms with Gasteiger partial charge in [-0.2, -0.15) is 0 Å². The average Bonchev–Trinajstić information content (AvgIpc) is 1.72. The minimum absolute atomic E-state index is 0.146. The molecule has 0 aliphatic heterocycles. The molecule has 0 amide bonds. The molecular weight excluding hydrogens is 113 g/mol. The maximum Gasteiger partial charge on any atom is 0.139 e. The molecule has 7 heavy (non-hydrogen) atoms. The summed E-state index contributed by atoms with van der Waals surface area (Å²) in [5, 5.41) is 10.7. The van der Waals surface area contributed by atoms with Crippen LogP contribution in [0.3, 0.4) is 0 Å². The van der Waals surface area contributed by atoms with Crippen molar-refractivity contribution >= 4 is 15.7 Å². The average molecular weight is 121 g/mol. The molecule has 3 nitrogen and oxygen atoms in total. The lowest BCUT2D eigenvalue weighted by molar-refractivity contribution is -0.109. The van der Waals surface area contributed by atoms with Crippen LogP contribution < -0.4 is 5.09 Å². The summed E-state index contributed by atoms with van der Waals surface area (Å²) in [5.74, 6) is 0. The van der Waals surface area contributed by atoms with Crippen LogP contribution in [0.25, 0.3) is 0 Å². The predicted molar refractivity (Wildman–Crippen MR) is 29.8 cm³/mol. The van der Waals surface area contributed by atoms with Crippen molar-refractivity contribution < 1.29 is 9.90 Å². The van der Waals surface area contributed by atoms with Crippen LogP contribution in [0.1, 0.15) is 0 Å². The van der Waals surface area contributed by atoms with Gasteiger partial charge in [0.05, 0.1) is 12.6 Å². The van der Waals surface area contributed by atoms with Crippen LogP contribution >= 0.6 is 9.39 Å². The van der Waals surface area contributed by atoms with E-state index in [1.807, 2.05) is 0 Å². The third-order valence-corrected chi connectivity index (χ3v) is 1.00. The molecule has 0 bridgehead atoms. The third-order valence-electron chi connectivity index (χ3n) is 0.575. The molecule has 0 rings (SSSR count). The Morgan fingerprint density at radius 2 is 2.57 bits per heavy atom. The van der Waals surface area contributed by atoms with Crippen molar-refractivity contribution in [3.63, 3.8) is 0 Å². The summed E-state index contributed by atoms with van der Waals surface area (Å²) in [4.78, 5) is 9.73. The topological polar surface area (TPSA) is 49.3 Å². The first-order chi connectivity index (χ1) is 3.35. The largest absolute Gasteiger partial charge is 0.394 e. The van der Waals surface area contributed by atoms with Gasteiger partial charge in [-0.1, -0.05) is 9.39 Å². The first-order valence-corrected chi connectivity index (χ1v) is 2.45. The highest BCUT2D eigenvalue weighted by atomic mass is 31.0. The number of carbonyl (C=O) groups excluding carboxylic acids is 1. The summed E-state index contributed by atoms with van der Waals surface area (Å²) < 4.78 is 0. The van der Waals surface area contributed by atoms with E-state index in [9.17, 15) is 4.79 Å². The molecule has 1 unspecified atom stereocenters. The van der Waals surface area contributed by atoms with E-state index >= 15 is 0 Å². The molecule has 0 aromatic rings. The second kappa shape index (κ2) is 4.19. The lowest BCUT2D eigenvalue weighted by atomic mass is 10.4. The Hall–Kier alpha value is 0.0200. The van der Waals surface area contributed by atoms with E-state index in [1.165, 1.54) is 0 Å². The van der Waals surface area contributed by atoms with Gasteiger partial charge in [0, 0.05) is 0 Å². The molecule has 0 heterocycles. The smallest absolute Gasteiger partial charge is 0.139 e. The molecular formula is C3H8NO2P. The van der Waals surface area contributed by atoms with E-state index in [2.05, 4.69) is 14.5 Å². The van der Waals surface area contributed by atoms with Crippen LogP contribution in [0.15, 0.2) is 0 Å². The second-order valence-corrected chi connectivity index (χ2v) is 1.43. The summed E-state index contributed by atoms with van der Waals surface area (Å²) in [6.45, 7) is -0.146. The highest BCUT2D eigenvalue weighted by molar-refractivity contribution is 7.13. The number of hydrogen-bond acceptors (Lipinski definition) is 3. The van der Waals surface area contributed by atoms with E-state index in [4.69, 9.17) is 5.11 Å². The Labute approximate surface area is 44.4 Å². The molecule has 4 heteroatoms. The summed E-state index contributed by atoms with van der Waals surface area (Å²) in [6.07, 6.45) is 0.646. The van der Waals surface area contributed by atoms with Crippen molar-refractivity contribution in [2.75, 3.05) is 6.61 Å². The van der Waals surface area contributed by atoms with E-state index in [1.54, 1.807) is 0 Å². The normalized spacial score (nSPS) is 13.4. The van der Waals surface area contributed by atoms with Crippen LogP contribution in [0.5, 0.6) is 0 Å². The molecule has 0 spiro atoms. The van der Waals surface area contributed by atoms with Gasteiger partial charge in [0.2, 0.25) is 0 Å². The Balaban J connectivity index is 3.16. The SMILES string of the molecule is O=C[C@H](CO)NP. The van der Waals surface area contributed by atoms with E-state index < -0.39 is 6.04 Å². The number of rotatable bonds is 3. The molecule has 0 aromatic carbocycles. The molecule has 0 aliphatic carbocycles. The van der Waals surface area contributed by atoms with Crippen molar-refractivity contribution in [3.05, 3.63) is 0 Å². The fraction of sp³-hybridized carbons (Fsp3) is 0.667. The Kier molecular flexibility index (Phi) is 4.20. The van der Waals surface area contributed by atoms with E-state index in [0.717, 1.165) is 0 Å². The molecule has 42 valence electrons. The van der Waals surface area contributed by atoms with Crippen molar-refractivity contribution in [1.82, 2.24) is 5.09 Å². The zero-order valence-electron chi connectivity index (χ0n) is 3.79. The summed E-state index contributed by atoms with van der Waals surface area (Å²) in [6, 6.07) is -0.426. The van der Waals surface area contributed by atoms with Crippen LogP contribution in [0, 0.1) is 0 Å². The van der Waals surface area contributed by atoms with Gasteiger partial charge < -0.3 is 9.90 Å². The second-order valence-electron chi connectivity index (χ2n) is 1.09. The number of nitrogens with one attached hydrogen (secondary N) is 1. The summed E-state index contributed by atoms with van der Waals surface area (Å²) >= 11 is 0. The zero-order valence-corrected chi connectivity index (χ0v) is 4.95. The minimum Gasteiger partial charge on any atom is -0.394 e. The Morgan fingerprint density at radius 3 is 2.57 bits per heavy atom. The van der Waals surface area contributed by atoms with Gasteiger partial charge in [0.25, 0.3) is 0 Å². The van der Waals surface area contributed by atoms with Crippen LogP contribution in [0.4, 0.5) is 0 Å². The fourth-order valence-corrected chi connectivity index (χ4v) is 0.319. The highest BCUT2D eigenvalue weighted by Crippen LogP contribution is 1.77. The molecule has 2 N–H and O–H groups in total. The lowest BCUT2D eigenvalue weighted by Gasteiger charge is -1.99. The number of aldehydes is 1. The molecule has 0 saturated heterocycles. The highest BCUT2D eigenvalue weighted by Gasteiger charge is 1.96. The fourth-order valence-electron chi connectivity index (χ4n) is 0.135. The van der Waals surface area contributed by atoms with Gasteiger partial charge in [-0.05, 0) is 0 Å². The van der Waals surface area contributed by atoms with E-state index in [0.29, 0.717) is 6.29 Å². The van der Waals surface area contributed by atoms with Gasteiger partial charge in [-0.15, -0.1) is 0 Å². The summed E-state index contributed by atoms with van der Waals surface area (Å²) in [7, 11) is 2.14. The third kappa shape index (κ3) is 2.68. The van der Waals surface area contributed by atoms with Crippen molar-refractivity contribution in [2.45, 2.75) is 6.04 Å². The van der Waals surface area contributed by atoms with Crippen molar-refractivity contribution in [1.29, 1.82) is 0 Å².